The van der Waals surface area contributed by atoms with E-state index in [0.29, 0.717) is 24.4 Å². The number of hydrogen-bond donors (Lipinski definition) is 0. The van der Waals surface area contributed by atoms with Crippen molar-refractivity contribution in [2.75, 3.05) is 31.9 Å². The van der Waals surface area contributed by atoms with E-state index in [2.05, 4.69) is 32.0 Å². The number of piperidine rings is 1. The van der Waals surface area contributed by atoms with Gasteiger partial charge in [0.15, 0.2) is 0 Å². The van der Waals surface area contributed by atoms with Crippen LogP contribution in [0.1, 0.15) is 47.2 Å². The first kappa shape index (κ1) is 22.7. The van der Waals surface area contributed by atoms with Gasteiger partial charge < -0.3 is 14.5 Å². The Balaban J connectivity index is 1.34. The van der Waals surface area contributed by atoms with Crippen LogP contribution in [0, 0.1) is 13.8 Å². The maximum Gasteiger partial charge on any atom is 0.254 e. The molecular weight excluding hydrogens is 420 g/mol. The first-order valence-electron chi connectivity index (χ1n) is 11.5. The zero-order valence-electron chi connectivity index (χ0n) is 19.0. The van der Waals surface area contributed by atoms with Crippen molar-refractivity contribution in [1.82, 2.24) is 9.80 Å². The van der Waals surface area contributed by atoms with E-state index in [-0.39, 0.29) is 17.9 Å². The summed E-state index contributed by atoms with van der Waals surface area (Å²) in [4.78, 5) is 30.4. The second kappa shape index (κ2) is 10.4. The highest BCUT2D eigenvalue weighted by atomic mass is 32.2. The van der Waals surface area contributed by atoms with E-state index >= 15 is 0 Å². The van der Waals surface area contributed by atoms with Gasteiger partial charge in [0.1, 0.15) is 11.9 Å². The van der Waals surface area contributed by atoms with Crippen molar-refractivity contribution < 1.29 is 14.3 Å². The molecule has 0 bridgehead atoms. The summed E-state index contributed by atoms with van der Waals surface area (Å²) in [7, 11) is 0. The highest BCUT2D eigenvalue weighted by molar-refractivity contribution is 8.00. The van der Waals surface area contributed by atoms with Crippen molar-refractivity contribution in [2.45, 2.75) is 50.5 Å². The maximum atomic E-state index is 13.3. The fraction of sp³-hybridized carbons (Fsp3) is 0.462. The van der Waals surface area contributed by atoms with Gasteiger partial charge in [-0.3, -0.25) is 9.59 Å². The molecule has 2 fully saturated rings. The molecule has 5 nitrogen and oxygen atoms in total. The van der Waals surface area contributed by atoms with Gasteiger partial charge in [-0.05, 0) is 56.0 Å². The lowest BCUT2D eigenvalue weighted by Crippen LogP contribution is -2.42. The highest BCUT2D eigenvalue weighted by Crippen LogP contribution is 2.28. The van der Waals surface area contributed by atoms with E-state index in [1.54, 1.807) is 0 Å². The van der Waals surface area contributed by atoms with Crippen LogP contribution in [-0.4, -0.2) is 59.7 Å². The van der Waals surface area contributed by atoms with Crippen LogP contribution in [0.5, 0.6) is 5.75 Å². The van der Waals surface area contributed by atoms with Crippen LogP contribution >= 0.6 is 11.8 Å². The molecule has 2 aromatic carbocycles. The monoisotopic (exact) mass is 452 g/mol. The van der Waals surface area contributed by atoms with Crippen LogP contribution in [0.3, 0.4) is 0 Å². The fourth-order valence-corrected chi connectivity index (χ4v) is 5.27. The Kier molecular flexibility index (Phi) is 7.40. The average Bonchev–Trinajstić information content (AvgIpc) is 3.35. The molecule has 2 aromatic rings. The van der Waals surface area contributed by atoms with Gasteiger partial charge in [0.2, 0.25) is 5.91 Å². The Labute approximate surface area is 195 Å². The average molecular weight is 453 g/mol. The predicted octanol–water partition coefficient (Wildman–Crippen LogP) is 4.70. The summed E-state index contributed by atoms with van der Waals surface area (Å²) < 4.78 is 6.25. The van der Waals surface area contributed by atoms with E-state index in [1.807, 2.05) is 34.1 Å². The SMILES string of the molecule is Cc1ccc(C)c(OC2CCN(C(=O)c3ccccc3SCC(=O)N3CCCC3)CC2)c1. The number of amides is 2. The quantitative estimate of drug-likeness (QED) is 0.596. The maximum absolute atomic E-state index is 13.3. The molecule has 2 heterocycles. The largest absolute Gasteiger partial charge is 0.490 e. The van der Waals surface area contributed by atoms with E-state index in [0.717, 1.165) is 55.0 Å². The summed E-state index contributed by atoms with van der Waals surface area (Å²) in [6.45, 7) is 7.22. The van der Waals surface area contributed by atoms with E-state index < -0.39 is 0 Å². The second-order valence-electron chi connectivity index (χ2n) is 8.75. The number of thioether (sulfide) groups is 1. The zero-order chi connectivity index (χ0) is 22.5. The molecule has 2 aliphatic rings. The van der Waals surface area contributed by atoms with E-state index in [1.165, 1.54) is 17.3 Å². The van der Waals surface area contributed by atoms with Gasteiger partial charge in [-0.25, -0.2) is 0 Å². The minimum Gasteiger partial charge on any atom is -0.490 e. The Hall–Kier alpha value is -2.47. The standard InChI is InChI=1S/C26H32N2O3S/c1-19-9-10-20(2)23(17-19)31-21-11-15-28(16-12-21)26(30)22-7-3-4-8-24(22)32-18-25(29)27-13-5-6-14-27/h3-4,7-10,17,21H,5-6,11-16,18H2,1-2H3. The Morgan fingerprint density at radius 2 is 1.69 bits per heavy atom. The van der Waals surface area contributed by atoms with Crippen LogP contribution < -0.4 is 4.74 Å². The molecule has 2 aliphatic heterocycles. The number of carbonyl (C=O) groups is 2. The molecular formula is C26H32N2O3S. The number of carbonyl (C=O) groups excluding carboxylic acids is 2. The Bertz CT molecular complexity index is 963. The van der Waals surface area contributed by atoms with Gasteiger partial charge in [0.05, 0.1) is 11.3 Å². The topological polar surface area (TPSA) is 49.9 Å². The van der Waals surface area contributed by atoms with E-state index in [9.17, 15) is 9.59 Å². The third-order valence-corrected chi connectivity index (χ3v) is 7.35. The number of likely N-dealkylation sites (tertiary alicyclic amines) is 2. The summed E-state index contributed by atoms with van der Waals surface area (Å²) in [5.74, 6) is 1.54. The molecule has 170 valence electrons. The molecule has 0 aromatic heterocycles. The first-order chi connectivity index (χ1) is 15.5. The predicted molar refractivity (Wildman–Crippen MR) is 128 cm³/mol. The normalized spacial score (nSPS) is 16.9. The van der Waals surface area contributed by atoms with Crippen LogP contribution in [-0.2, 0) is 4.79 Å². The summed E-state index contributed by atoms with van der Waals surface area (Å²) in [5.41, 5.74) is 3.03. The number of aryl methyl sites for hydroxylation is 2. The molecule has 4 rings (SSSR count). The van der Waals surface area contributed by atoms with Gasteiger partial charge in [-0.2, -0.15) is 0 Å². The summed E-state index contributed by atoms with van der Waals surface area (Å²) in [5, 5.41) is 0. The lowest BCUT2D eigenvalue weighted by Gasteiger charge is -2.33. The first-order valence-corrected chi connectivity index (χ1v) is 12.5. The van der Waals surface area contributed by atoms with Gasteiger partial charge in [0.25, 0.3) is 5.91 Å². The second-order valence-corrected chi connectivity index (χ2v) is 9.77. The molecule has 2 saturated heterocycles. The molecule has 0 aliphatic carbocycles. The Morgan fingerprint density at radius 1 is 0.969 bits per heavy atom. The van der Waals surface area contributed by atoms with Crippen molar-refractivity contribution in [1.29, 1.82) is 0 Å². The van der Waals surface area contributed by atoms with Gasteiger partial charge in [-0.15, -0.1) is 11.8 Å². The summed E-state index contributed by atoms with van der Waals surface area (Å²) in [6, 6.07) is 13.9. The number of benzene rings is 2. The summed E-state index contributed by atoms with van der Waals surface area (Å²) in [6.07, 6.45) is 3.95. The van der Waals surface area contributed by atoms with Gasteiger partial charge >= 0.3 is 0 Å². The van der Waals surface area contributed by atoms with Gasteiger partial charge in [0, 0.05) is 43.9 Å². The smallest absolute Gasteiger partial charge is 0.254 e. The van der Waals surface area contributed by atoms with Crippen LogP contribution in [0.25, 0.3) is 0 Å². The molecule has 2 amide bonds. The van der Waals surface area contributed by atoms with Crippen LogP contribution in [0.15, 0.2) is 47.4 Å². The lowest BCUT2D eigenvalue weighted by atomic mass is 10.1. The third-order valence-electron chi connectivity index (χ3n) is 6.29. The van der Waals surface area contributed by atoms with Crippen molar-refractivity contribution in [3.05, 3.63) is 59.2 Å². The van der Waals surface area contributed by atoms with Crippen molar-refractivity contribution in [2.24, 2.45) is 0 Å². The van der Waals surface area contributed by atoms with Crippen molar-refractivity contribution in [3.63, 3.8) is 0 Å². The van der Waals surface area contributed by atoms with Crippen molar-refractivity contribution >= 4 is 23.6 Å². The number of nitrogens with zero attached hydrogens (tertiary/aromatic N) is 2. The zero-order valence-corrected chi connectivity index (χ0v) is 19.8. The molecule has 32 heavy (non-hydrogen) atoms. The lowest BCUT2D eigenvalue weighted by molar-refractivity contribution is -0.127. The third kappa shape index (κ3) is 5.47. The minimum atomic E-state index is 0.0481. The molecule has 0 saturated carbocycles. The molecule has 6 heteroatoms. The highest BCUT2D eigenvalue weighted by Gasteiger charge is 2.27. The van der Waals surface area contributed by atoms with Crippen molar-refractivity contribution in [3.8, 4) is 5.75 Å². The number of ether oxygens (including phenoxy) is 1. The minimum absolute atomic E-state index is 0.0481. The Morgan fingerprint density at radius 3 is 2.44 bits per heavy atom. The molecule has 0 N–H and O–H groups in total. The fourth-order valence-electron chi connectivity index (χ4n) is 4.33. The summed E-state index contributed by atoms with van der Waals surface area (Å²) >= 11 is 1.48. The number of hydrogen-bond acceptors (Lipinski definition) is 4. The van der Waals surface area contributed by atoms with Crippen LogP contribution in [0.2, 0.25) is 0 Å². The molecule has 0 unspecified atom stereocenters. The molecule has 0 radical (unpaired) electrons. The molecule has 0 spiro atoms. The van der Waals surface area contributed by atoms with E-state index in [4.69, 9.17) is 4.74 Å². The van der Waals surface area contributed by atoms with Crippen LogP contribution in [0.4, 0.5) is 0 Å². The number of rotatable bonds is 6. The van der Waals surface area contributed by atoms with Gasteiger partial charge in [-0.1, -0.05) is 24.3 Å². The molecule has 0 atom stereocenters.